The summed E-state index contributed by atoms with van der Waals surface area (Å²) in [4.78, 5) is 7.04. The second-order valence-electron chi connectivity index (χ2n) is 7.55. The summed E-state index contributed by atoms with van der Waals surface area (Å²) in [5, 5.41) is 19.7. The number of piperazine rings is 1. The Balaban J connectivity index is 1.44. The highest BCUT2D eigenvalue weighted by Gasteiger charge is 2.23. The van der Waals surface area contributed by atoms with Crippen LogP contribution >= 0.6 is 0 Å². The summed E-state index contributed by atoms with van der Waals surface area (Å²) in [6, 6.07) is 10.1. The molecule has 0 saturated carbocycles. The zero-order chi connectivity index (χ0) is 17.6. The van der Waals surface area contributed by atoms with E-state index in [1.54, 1.807) is 0 Å². The molecule has 3 rings (SSSR count). The Morgan fingerprint density at radius 2 is 1.64 bits per heavy atom. The van der Waals surface area contributed by atoms with E-state index < -0.39 is 0 Å². The first kappa shape index (κ1) is 18.2. The molecule has 0 aromatic heterocycles. The number of benzene rings is 1. The van der Waals surface area contributed by atoms with Crippen LogP contribution in [0.5, 0.6) is 0 Å². The number of hydrogen-bond acceptors (Lipinski definition) is 5. The second-order valence-corrected chi connectivity index (χ2v) is 7.55. The van der Waals surface area contributed by atoms with Gasteiger partial charge in [0.2, 0.25) is 0 Å². The number of nitriles is 1. The van der Waals surface area contributed by atoms with Crippen molar-refractivity contribution >= 4 is 5.69 Å². The molecule has 1 atom stereocenters. The standard InChI is InChI=1S/C20H30N4O/c1-17-6-8-22(9-7-17)15-19(25)16-23-10-12-24(13-11-23)20-5-3-2-4-18(20)14-21/h2-5,17,19,25H,6-13,15-16H2,1H3. The van der Waals surface area contributed by atoms with Crippen molar-refractivity contribution in [1.29, 1.82) is 5.26 Å². The first-order valence-electron chi connectivity index (χ1n) is 9.52. The molecule has 5 nitrogen and oxygen atoms in total. The number of anilines is 1. The lowest BCUT2D eigenvalue weighted by Gasteiger charge is -2.38. The third-order valence-electron chi connectivity index (χ3n) is 5.55. The van der Waals surface area contributed by atoms with Crippen LogP contribution < -0.4 is 4.90 Å². The molecule has 0 amide bonds. The third kappa shape index (κ3) is 4.94. The van der Waals surface area contributed by atoms with Crippen molar-refractivity contribution in [3.8, 4) is 6.07 Å². The van der Waals surface area contributed by atoms with Crippen LogP contribution in [0.3, 0.4) is 0 Å². The van der Waals surface area contributed by atoms with E-state index in [2.05, 4.69) is 27.7 Å². The molecular weight excluding hydrogens is 312 g/mol. The zero-order valence-electron chi connectivity index (χ0n) is 15.3. The van der Waals surface area contributed by atoms with Crippen molar-refractivity contribution in [3.63, 3.8) is 0 Å². The Kier molecular flexibility index (Phi) is 6.30. The molecule has 0 aliphatic carbocycles. The van der Waals surface area contributed by atoms with Gasteiger partial charge in [0.25, 0.3) is 0 Å². The molecule has 136 valence electrons. The molecule has 2 aliphatic heterocycles. The summed E-state index contributed by atoms with van der Waals surface area (Å²) < 4.78 is 0. The third-order valence-corrected chi connectivity index (χ3v) is 5.55. The molecule has 1 unspecified atom stereocenters. The number of nitrogens with zero attached hydrogens (tertiary/aromatic N) is 4. The van der Waals surface area contributed by atoms with E-state index >= 15 is 0 Å². The summed E-state index contributed by atoms with van der Waals surface area (Å²) in [6.45, 7) is 9.80. The lowest BCUT2D eigenvalue weighted by molar-refractivity contribution is 0.0597. The average molecular weight is 342 g/mol. The molecule has 2 saturated heterocycles. The van der Waals surface area contributed by atoms with Crippen LogP contribution in [0.1, 0.15) is 25.3 Å². The fraction of sp³-hybridized carbons (Fsp3) is 0.650. The maximum Gasteiger partial charge on any atom is 0.101 e. The molecule has 0 bridgehead atoms. The highest BCUT2D eigenvalue weighted by molar-refractivity contribution is 5.59. The number of likely N-dealkylation sites (tertiary alicyclic amines) is 1. The number of β-amino-alcohol motifs (C(OH)–C–C–N with tert-alkyl or cyclic N) is 1. The van der Waals surface area contributed by atoms with E-state index in [0.717, 1.165) is 69.5 Å². The minimum atomic E-state index is -0.272. The molecule has 2 heterocycles. The number of aliphatic hydroxyl groups excluding tert-OH is 1. The van der Waals surface area contributed by atoms with E-state index in [1.807, 2.05) is 24.3 Å². The van der Waals surface area contributed by atoms with Gasteiger partial charge in [-0.1, -0.05) is 19.1 Å². The van der Waals surface area contributed by atoms with Crippen LogP contribution in [0.15, 0.2) is 24.3 Å². The van der Waals surface area contributed by atoms with Gasteiger partial charge in [0.1, 0.15) is 6.07 Å². The molecule has 1 aromatic carbocycles. The van der Waals surface area contributed by atoms with E-state index in [1.165, 1.54) is 12.8 Å². The van der Waals surface area contributed by atoms with Crippen molar-refractivity contribution < 1.29 is 5.11 Å². The Labute approximate surface area is 151 Å². The van der Waals surface area contributed by atoms with Crippen LogP contribution in [-0.4, -0.2) is 73.4 Å². The smallest absolute Gasteiger partial charge is 0.101 e. The summed E-state index contributed by atoms with van der Waals surface area (Å²) >= 11 is 0. The maximum absolute atomic E-state index is 10.4. The normalized spacial score (nSPS) is 21.9. The fourth-order valence-corrected chi connectivity index (χ4v) is 3.91. The lowest BCUT2D eigenvalue weighted by atomic mass is 9.99. The number of para-hydroxylation sites is 1. The summed E-state index contributed by atoms with van der Waals surface area (Å²) in [5.41, 5.74) is 1.78. The summed E-state index contributed by atoms with van der Waals surface area (Å²) in [7, 11) is 0. The zero-order valence-corrected chi connectivity index (χ0v) is 15.3. The Hall–Kier alpha value is -1.61. The molecule has 0 spiro atoms. The van der Waals surface area contributed by atoms with Crippen LogP contribution in [0.4, 0.5) is 5.69 Å². The highest BCUT2D eigenvalue weighted by Crippen LogP contribution is 2.21. The first-order chi connectivity index (χ1) is 12.2. The number of rotatable bonds is 5. The first-order valence-corrected chi connectivity index (χ1v) is 9.52. The van der Waals surface area contributed by atoms with Crippen molar-refractivity contribution in [1.82, 2.24) is 9.80 Å². The quantitative estimate of drug-likeness (QED) is 0.884. The molecule has 2 fully saturated rings. The SMILES string of the molecule is CC1CCN(CC(O)CN2CCN(c3ccccc3C#N)CC2)CC1. The molecular formula is C20H30N4O. The lowest BCUT2D eigenvalue weighted by Crippen LogP contribution is -2.50. The summed E-state index contributed by atoms with van der Waals surface area (Å²) in [5.74, 6) is 0.831. The van der Waals surface area contributed by atoms with Crippen LogP contribution in [0.2, 0.25) is 0 Å². The molecule has 0 radical (unpaired) electrons. The van der Waals surface area contributed by atoms with Gasteiger partial charge in [0, 0.05) is 39.3 Å². The van der Waals surface area contributed by atoms with Crippen molar-refractivity contribution in [3.05, 3.63) is 29.8 Å². The highest BCUT2D eigenvalue weighted by atomic mass is 16.3. The van der Waals surface area contributed by atoms with Crippen LogP contribution in [0.25, 0.3) is 0 Å². The van der Waals surface area contributed by atoms with Gasteiger partial charge in [-0.2, -0.15) is 5.26 Å². The molecule has 2 aliphatic rings. The van der Waals surface area contributed by atoms with E-state index in [-0.39, 0.29) is 6.10 Å². The second kappa shape index (κ2) is 8.66. The van der Waals surface area contributed by atoms with Crippen molar-refractivity contribution in [2.75, 3.05) is 57.3 Å². The molecule has 5 heteroatoms. The van der Waals surface area contributed by atoms with Crippen molar-refractivity contribution in [2.45, 2.75) is 25.9 Å². The fourth-order valence-electron chi connectivity index (χ4n) is 3.91. The Morgan fingerprint density at radius 3 is 2.28 bits per heavy atom. The largest absolute Gasteiger partial charge is 0.390 e. The number of piperidine rings is 1. The maximum atomic E-state index is 10.4. The van der Waals surface area contributed by atoms with E-state index in [9.17, 15) is 10.4 Å². The topological polar surface area (TPSA) is 53.7 Å². The van der Waals surface area contributed by atoms with Gasteiger partial charge < -0.3 is 14.9 Å². The van der Waals surface area contributed by atoms with E-state index in [4.69, 9.17) is 0 Å². The van der Waals surface area contributed by atoms with Crippen LogP contribution in [-0.2, 0) is 0 Å². The van der Waals surface area contributed by atoms with Gasteiger partial charge in [0.05, 0.1) is 17.4 Å². The minimum Gasteiger partial charge on any atom is -0.390 e. The van der Waals surface area contributed by atoms with Gasteiger partial charge >= 0.3 is 0 Å². The van der Waals surface area contributed by atoms with Crippen molar-refractivity contribution in [2.24, 2.45) is 5.92 Å². The van der Waals surface area contributed by atoms with Gasteiger partial charge in [0.15, 0.2) is 0 Å². The predicted molar refractivity (Wildman–Crippen MR) is 101 cm³/mol. The number of aliphatic hydroxyl groups is 1. The predicted octanol–water partition coefficient (Wildman–Crippen LogP) is 1.77. The minimum absolute atomic E-state index is 0.272. The Morgan fingerprint density at radius 1 is 1.04 bits per heavy atom. The Bertz CT molecular complexity index is 584. The average Bonchev–Trinajstić information content (AvgIpc) is 2.64. The van der Waals surface area contributed by atoms with Gasteiger partial charge in [-0.25, -0.2) is 0 Å². The molecule has 25 heavy (non-hydrogen) atoms. The van der Waals surface area contributed by atoms with E-state index in [0.29, 0.717) is 0 Å². The summed E-state index contributed by atoms with van der Waals surface area (Å²) in [6.07, 6.45) is 2.24. The van der Waals surface area contributed by atoms with Gasteiger partial charge in [-0.3, -0.25) is 4.90 Å². The van der Waals surface area contributed by atoms with Gasteiger partial charge in [-0.05, 0) is 44.0 Å². The number of hydrogen-bond donors (Lipinski definition) is 1. The monoisotopic (exact) mass is 342 g/mol. The molecule has 1 aromatic rings. The van der Waals surface area contributed by atoms with Gasteiger partial charge in [-0.15, -0.1) is 0 Å². The molecule has 1 N–H and O–H groups in total. The van der Waals surface area contributed by atoms with Crippen LogP contribution in [0, 0.1) is 17.2 Å².